The van der Waals surface area contributed by atoms with Gasteiger partial charge < -0.3 is 24.8 Å². The first-order valence-corrected chi connectivity index (χ1v) is 8.16. The second kappa shape index (κ2) is 7.14. The van der Waals surface area contributed by atoms with E-state index in [1.165, 1.54) is 0 Å². The van der Waals surface area contributed by atoms with E-state index >= 15 is 0 Å². The fourth-order valence-corrected chi connectivity index (χ4v) is 2.47. The van der Waals surface area contributed by atoms with E-state index in [0.717, 1.165) is 22.9 Å². The third kappa shape index (κ3) is 3.59. The molecular weight excluding hydrogens is 334 g/mol. The normalized spacial score (nSPS) is 11.9. The Morgan fingerprint density at radius 3 is 2.65 bits per heavy atom. The number of hydrogen-bond acceptors (Lipinski definition) is 8. The van der Waals surface area contributed by atoms with Crippen molar-refractivity contribution in [3.63, 3.8) is 0 Å². The van der Waals surface area contributed by atoms with Gasteiger partial charge in [0.15, 0.2) is 17.3 Å². The van der Waals surface area contributed by atoms with E-state index in [9.17, 15) is 0 Å². The van der Waals surface area contributed by atoms with Crippen LogP contribution in [-0.2, 0) is 0 Å². The van der Waals surface area contributed by atoms with Crippen molar-refractivity contribution >= 4 is 23.1 Å². The minimum absolute atomic E-state index is 0.240. The van der Waals surface area contributed by atoms with Crippen LogP contribution in [0.2, 0.25) is 0 Å². The molecule has 0 atom stereocenters. The average molecular weight is 351 g/mol. The molecule has 2 aromatic carbocycles. The third-order valence-electron chi connectivity index (χ3n) is 3.63. The predicted molar refractivity (Wildman–Crippen MR) is 96.6 cm³/mol. The zero-order valence-corrected chi connectivity index (χ0v) is 14.1. The van der Waals surface area contributed by atoms with Gasteiger partial charge in [-0.3, -0.25) is 0 Å². The molecule has 4 rings (SSSR count). The monoisotopic (exact) mass is 351 g/mol. The van der Waals surface area contributed by atoms with Gasteiger partial charge in [0.05, 0.1) is 12.8 Å². The zero-order chi connectivity index (χ0) is 17.8. The van der Waals surface area contributed by atoms with Gasteiger partial charge in [-0.2, -0.15) is 10.1 Å². The van der Waals surface area contributed by atoms with Crippen LogP contribution >= 0.6 is 0 Å². The van der Waals surface area contributed by atoms with Crippen LogP contribution in [0.1, 0.15) is 6.92 Å². The van der Waals surface area contributed by atoms with Crippen LogP contribution in [0.4, 0.5) is 23.1 Å². The molecule has 2 N–H and O–H groups in total. The van der Waals surface area contributed by atoms with Gasteiger partial charge in [0.2, 0.25) is 12.7 Å². The first kappa shape index (κ1) is 15.9. The number of benzene rings is 2. The molecule has 0 bridgehead atoms. The Morgan fingerprint density at radius 2 is 1.81 bits per heavy atom. The molecule has 0 unspecified atom stereocenters. The lowest BCUT2D eigenvalue weighted by molar-refractivity contribution is 0.174. The highest BCUT2D eigenvalue weighted by Gasteiger charge is 2.13. The first-order valence-electron chi connectivity index (χ1n) is 8.16. The molecule has 0 aliphatic carbocycles. The number of hydrogen-bond donors (Lipinski definition) is 2. The lowest BCUT2D eigenvalue weighted by Gasteiger charge is -2.09. The maximum absolute atomic E-state index is 5.43. The Labute approximate surface area is 150 Å². The quantitative estimate of drug-likeness (QED) is 0.697. The molecular formula is C18H17N5O3. The molecule has 2 heterocycles. The summed E-state index contributed by atoms with van der Waals surface area (Å²) in [7, 11) is 0. The first-order chi connectivity index (χ1) is 12.8. The molecule has 8 nitrogen and oxygen atoms in total. The van der Waals surface area contributed by atoms with Gasteiger partial charge >= 0.3 is 0 Å². The van der Waals surface area contributed by atoms with Crippen LogP contribution in [0.3, 0.4) is 0 Å². The molecule has 0 saturated heterocycles. The van der Waals surface area contributed by atoms with Gasteiger partial charge in [-0.1, -0.05) is 0 Å². The number of aromatic nitrogens is 3. The van der Waals surface area contributed by atoms with Crippen molar-refractivity contribution in [2.45, 2.75) is 6.92 Å². The molecule has 8 heteroatoms. The number of anilines is 4. The van der Waals surface area contributed by atoms with Gasteiger partial charge in [0.1, 0.15) is 5.75 Å². The zero-order valence-electron chi connectivity index (χ0n) is 14.1. The lowest BCUT2D eigenvalue weighted by atomic mass is 10.3. The van der Waals surface area contributed by atoms with Crippen LogP contribution in [-0.4, -0.2) is 28.6 Å². The van der Waals surface area contributed by atoms with Gasteiger partial charge in [0, 0.05) is 17.4 Å². The second-order valence-electron chi connectivity index (χ2n) is 5.44. The van der Waals surface area contributed by atoms with Gasteiger partial charge in [-0.25, -0.2) is 0 Å². The Hall–Kier alpha value is -3.55. The number of rotatable bonds is 6. The number of fused-ring (bicyclic) bond motifs is 1. The molecule has 26 heavy (non-hydrogen) atoms. The molecule has 1 aromatic heterocycles. The average Bonchev–Trinajstić information content (AvgIpc) is 3.12. The summed E-state index contributed by atoms with van der Waals surface area (Å²) in [4.78, 5) is 4.42. The molecule has 0 amide bonds. The molecule has 0 spiro atoms. The van der Waals surface area contributed by atoms with E-state index in [0.29, 0.717) is 24.1 Å². The van der Waals surface area contributed by atoms with Gasteiger partial charge in [-0.15, -0.1) is 5.10 Å². The van der Waals surface area contributed by atoms with Crippen LogP contribution < -0.4 is 24.8 Å². The van der Waals surface area contributed by atoms with Crippen molar-refractivity contribution < 1.29 is 14.2 Å². The van der Waals surface area contributed by atoms with E-state index in [1.54, 1.807) is 6.20 Å². The predicted octanol–water partition coefficient (Wildman–Crippen LogP) is 3.49. The third-order valence-corrected chi connectivity index (χ3v) is 3.63. The number of nitrogens with one attached hydrogen (secondary N) is 2. The lowest BCUT2D eigenvalue weighted by Crippen LogP contribution is -2.02. The molecule has 0 fully saturated rings. The van der Waals surface area contributed by atoms with Crippen LogP contribution in [0, 0.1) is 0 Å². The maximum atomic E-state index is 5.43. The van der Waals surface area contributed by atoms with E-state index in [-0.39, 0.29) is 6.79 Å². The molecule has 3 aromatic rings. The van der Waals surface area contributed by atoms with Crippen molar-refractivity contribution in [2.24, 2.45) is 0 Å². The maximum Gasteiger partial charge on any atom is 0.249 e. The van der Waals surface area contributed by atoms with E-state index in [2.05, 4.69) is 25.8 Å². The van der Waals surface area contributed by atoms with Crippen molar-refractivity contribution in [1.29, 1.82) is 0 Å². The summed E-state index contributed by atoms with van der Waals surface area (Å²) in [6, 6.07) is 13.1. The number of nitrogens with zero attached hydrogens (tertiary/aromatic N) is 3. The van der Waals surface area contributed by atoms with Crippen molar-refractivity contribution in [1.82, 2.24) is 15.2 Å². The van der Waals surface area contributed by atoms with Crippen LogP contribution in [0.25, 0.3) is 0 Å². The summed E-state index contributed by atoms with van der Waals surface area (Å²) >= 11 is 0. The highest BCUT2D eigenvalue weighted by Crippen LogP contribution is 2.34. The minimum Gasteiger partial charge on any atom is -0.494 e. The standard InChI is InChI=1S/C18H17N5O3/c1-2-24-14-6-3-12(4-7-14)21-18-22-17(10-19-23-18)20-13-5-8-15-16(9-13)26-11-25-15/h3-10H,2,11H2,1H3,(H2,20,21,22,23). The largest absolute Gasteiger partial charge is 0.494 e. The molecule has 0 radical (unpaired) electrons. The van der Waals surface area contributed by atoms with Gasteiger partial charge in [-0.05, 0) is 43.3 Å². The molecule has 1 aliphatic heterocycles. The fraction of sp³-hybridized carbons (Fsp3) is 0.167. The summed E-state index contributed by atoms with van der Waals surface area (Å²) in [6.45, 7) is 2.82. The van der Waals surface area contributed by atoms with Gasteiger partial charge in [0.25, 0.3) is 0 Å². The summed E-state index contributed by atoms with van der Waals surface area (Å²) in [5, 5.41) is 14.3. The highest BCUT2D eigenvalue weighted by atomic mass is 16.7. The van der Waals surface area contributed by atoms with Crippen LogP contribution in [0.15, 0.2) is 48.7 Å². The highest BCUT2D eigenvalue weighted by molar-refractivity contribution is 5.62. The topological polar surface area (TPSA) is 90.4 Å². The summed E-state index contributed by atoms with van der Waals surface area (Å²) in [5.41, 5.74) is 1.66. The summed E-state index contributed by atoms with van der Waals surface area (Å²) < 4.78 is 16.1. The Balaban J connectivity index is 1.46. The van der Waals surface area contributed by atoms with E-state index in [4.69, 9.17) is 14.2 Å². The van der Waals surface area contributed by atoms with Crippen molar-refractivity contribution in [3.05, 3.63) is 48.7 Å². The minimum atomic E-state index is 0.240. The Kier molecular flexibility index (Phi) is 4.38. The summed E-state index contributed by atoms with van der Waals surface area (Å²) in [5.74, 6) is 3.20. The summed E-state index contributed by atoms with van der Waals surface area (Å²) in [6.07, 6.45) is 1.55. The van der Waals surface area contributed by atoms with Crippen molar-refractivity contribution in [3.8, 4) is 17.2 Å². The molecule has 1 aliphatic rings. The SMILES string of the molecule is CCOc1ccc(Nc2nncc(Nc3ccc4c(c3)OCO4)n2)cc1. The number of ether oxygens (including phenoxy) is 3. The van der Waals surface area contributed by atoms with Crippen LogP contribution in [0.5, 0.6) is 17.2 Å². The second-order valence-corrected chi connectivity index (χ2v) is 5.44. The fourth-order valence-electron chi connectivity index (χ4n) is 2.47. The Bertz CT molecular complexity index is 902. The van der Waals surface area contributed by atoms with Crippen molar-refractivity contribution in [2.75, 3.05) is 24.0 Å². The molecule has 132 valence electrons. The van der Waals surface area contributed by atoms with E-state index < -0.39 is 0 Å². The Morgan fingerprint density at radius 1 is 1.00 bits per heavy atom. The van der Waals surface area contributed by atoms with E-state index in [1.807, 2.05) is 49.4 Å². The smallest absolute Gasteiger partial charge is 0.249 e. The molecule has 0 saturated carbocycles.